The van der Waals surface area contributed by atoms with Gasteiger partial charge in [-0.1, -0.05) is 24.3 Å². The number of benzene rings is 2. The number of carbonyl (C=O) groups is 2. The second kappa shape index (κ2) is 22.6. The molecule has 2 N–H and O–H groups in total. The molecule has 0 atom stereocenters. The summed E-state index contributed by atoms with van der Waals surface area (Å²) in [6.07, 6.45) is 8.16. The SMILES string of the molecule is Cc1nn(-c2ccc3nnc(C)n3n2)c(C)c1CCC(=O)N1CCC(Cc2ccc(F)cc2)CC1.Cc1nn(-c2ccc3nnc(C)n3n2)c(C)c1CCC(=O)O.Fc1ccc(CC2CCNCC2)cc1. The van der Waals surface area contributed by atoms with E-state index in [4.69, 9.17) is 10.2 Å². The van der Waals surface area contributed by atoms with Crippen LogP contribution in [0, 0.1) is 65.0 Å². The number of piperidine rings is 2. The molecule has 0 unspecified atom stereocenters. The lowest BCUT2D eigenvalue weighted by Crippen LogP contribution is -2.39. The van der Waals surface area contributed by atoms with Gasteiger partial charge in [0.2, 0.25) is 5.91 Å². The van der Waals surface area contributed by atoms with Crippen molar-refractivity contribution in [2.24, 2.45) is 11.8 Å². The van der Waals surface area contributed by atoms with Gasteiger partial charge in [-0.2, -0.15) is 19.2 Å². The largest absolute Gasteiger partial charge is 0.481 e. The van der Waals surface area contributed by atoms with Crippen LogP contribution in [0.1, 0.15) is 95.2 Å². The molecule has 71 heavy (non-hydrogen) atoms. The van der Waals surface area contributed by atoms with Crippen molar-refractivity contribution in [1.29, 1.82) is 0 Å². The number of hydrogen-bond donors (Lipinski definition) is 2. The number of amides is 1. The fourth-order valence-corrected chi connectivity index (χ4v) is 9.52. The molecule has 372 valence electrons. The minimum Gasteiger partial charge on any atom is -0.481 e. The first-order chi connectivity index (χ1) is 34.2. The van der Waals surface area contributed by atoms with Crippen LogP contribution in [0.15, 0.2) is 72.8 Å². The van der Waals surface area contributed by atoms with Crippen molar-refractivity contribution < 1.29 is 23.5 Å². The van der Waals surface area contributed by atoms with Crippen LogP contribution in [0.25, 0.3) is 22.9 Å². The van der Waals surface area contributed by atoms with Crippen LogP contribution in [-0.2, 0) is 35.3 Å². The van der Waals surface area contributed by atoms with E-state index >= 15 is 0 Å². The Morgan fingerprint density at radius 1 is 0.577 bits per heavy atom. The molecule has 0 saturated carbocycles. The lowest BCUT2D eigenvalue weighted by molar-refractivity contribution is -0.137. The van der Waals surface area contributed by atoms with Gasteiger partial charge in [-0.25, -0.2) is 18.1 Å². The maximum absolute atomic E-state index is 13.1. The van der Waals surface area contributed by atoms with Gasteiger partial charge >= 0.3 is 5.97 Å². The Kier molecular flexibility index (Phi) is 16.0. The smallest absolute Gasteiger partial charge is 0.303 e. The average Bonchev–Trinajstić information content (AvgIpc) is 4.10. The molecule has 0 radical (unpaired) electrons. The van der Waals surface area contributed by atoms with Crippen LogP contribution in [0.5, 0.6) is 0 Å². The molecule has 2 aliphatic rings. The number of carboxylic acids is 1. The van der Waals surface area contributed by atoms with Crippen LogP contribution in [-0.4, -0.2) is 107 Å². The van der Waals surface area contributed by atoms with E-state index in [1.165, 1.54) is 30.5 Å². The summed E-state index contributed by atoms with van der Waals surface area (Å²) in [5.41, 5.74) is 9.45. The third-order valence-corrected chi connectivity index (χ3v) is 13.6. The Bertz CT molecular complexity index is 3090. The molecule has 17 nitrogen and oxygen atoms in total. The van der Waals surface area contributed by atoms with Crippen LogP contribution < -0.4 is 5.32 Å². The van der Waals surface area contributed by atoms with Gasteiger partial charge in [0.1, 0.15) is 11.6 Å². The number of nitrogens with zero attached hydrogens (tertiary/aromatic N) is 13. The Balaban J connectivity index is 0.000000159. The highest BCUT2D eigenvalue weighted by atomic mass is 19.1. The normalized spacial score (nSPS) is 14.3. The van der Waals surface area contributed by atoms with E-state index in [-0.39, 0.29) is 24.0 Å². The van der Waals surface area contributed by atoms with Gasteiger partial charge in [-0.3, -0.25) is 9.59 Å². The molecular formula is C52H62F2N14O3. The summed E-state index contributed by atoms with van der Waals surface area (Å²) in [5.74, 6) is 3.11. The summed E-state index contributed by atoms with van der Waals surface area (Å²) in [6, 6.07) is 21.1. The summed E-state index contributed by atoms with van der Waals surface area (Å²) >= 11 is 0. The lowest BCUT2D eigenvalue weighted by Gasteiger charge is -2.32. The fraction of sp³-hybridized carbons (Fsp3) is 0.423. The second-order valence-electron chi connectivity index (χ2n) is 18.6. The highest BCUT2D eigenvalue weighted by Gasteiger charge is 2.24. The van der Waals surface area contributed by atoms with Crippen LogP contribution in [0.4, 0.5) is 8.78 Å². The fourth-order valence-electron chi connectivity index (χ4n) is 9.52. The van der Waals surface area contributed by atoms with Gasteiger partial charge in [0, 0.05) is 37.3 Å². The number of hydrogen-bond acceptors (Lipinski definition) is 11. The van der Waals surface area contributed by atoms with E-state index in [9.17, 15) is 18.4 Å². The number of aliphatic carboxylic acids is 1. The molecule has 1 amide bonds. The third-order valence-electron chi connectivity index (χ3n) is 13.6. The molecule has 10 rings (SSSR count). The Hall–Kier alpha value is -7.28. The molecule has 0 bridgehead atoms. The molecule has 2 aromatic carbocycles. The molecule has 2 fully saturated rings. The molecule has 2 aliphatic heterocycles. The Morgan fingerprint density at radius 2 is 1.01 bits per heavy atom. The van der Waals surface area contributed by atoms with E-state index in [0.717, 1.165) is 103 Å². The van der Waals surface area contributed by atoms with E-state index < -0.39 is 5.97 Å². The van der Waals surface area contributed by atoms with Gasteiger partial charge < -0.3 is 15.3 Å². The number of carbonyl (C=O) groups excluding carboxylic acids is 1. The van der Waals surface area contributed by atoms with E-state index in [1.807, 2.05) is 99.7 Å². The van der Waals surface area contributed by atoms with Gasteiger partial charge in [0.15, 0.2) is 34.6 Å². The number of carboxylic acid groups (broad SMARTS) is 1. The van der Waals surface area contributed by atoms with Crippen LogP contribution >= 0.6 is 0 Å². The molecule has 0 aliphatic carbocycles. The monoisotopic (exact) mass is 969 g/mol. The second-order valence-corrected chi connectivity index (χ2v) is 18.6. The predicted molar refractivity (Wildman–Crippen MR) is 264 cm³/mol. The van der Waals surface area contributed by atoms with Gasteiger partial charge in [0.05, 0.1) is 11.4 Å². The van der Waals surface area contributed by atoms with Crippen molar-refractivity contribution in [3.05, 3.63) is 141 Å². The first-order valence-electron chi connectivity index (χ1n) is 24.4. The first-order valence-corrected chi connectivity index (χ1v) is 24.4. The average molecular weight is 969 g/mol. The minimum absolute atomic E-state index is 0.0877. The highest BCUT2D eigenvalue weighted by molar-refractivity contribution is 5.76. The number of fused-ring (bicyclic) bond motifs is 2. The van der Waals surface area contributed by atoms with E-state index in [2.05, 4.69) is 41.0 Å². The number of halogens is 2. The molecule has 0 spiro atoms. The molecular weight excluding hydrogens is 907 g/mol. The number of aryl methyl sites for hydroxylation is 4. The Morgan fingerprint density at radius 3 is 1.46 bits per heavy atom. The maximum Gasteiger partial charge on any atom is 0.303 e. The standard InChI is InChI=1S/C26H30FN7O.C14H16N6O2.C12H16FN/c1-17-23(18(2)33(30-17)25-10-9-24-29-28-19(3)34(24)31-25)8-11-26(35)32-14-12-21(13-15-32)16-20-4-6-22(27)7-5-20;1-8-11(4-7-14(21)22)9(2)19(17-8)13-6-5-12-16-15-10(3)20(12)18-13;13-12-3-1-10(2-4-12)9-11-5-7-14-8-6-11/h4-7,9-10,21H,8,11-16H2,1-3H3;5-6H,4,7H2,1-3H3,(H,21,22);1-4,11,14H,5-9H2. The van der Waals surface area contributed by atoms with E-state index in [1.54, 1.807) is 25.8 Å². The van der Waals surface area contributed by atoms with Gasteiger partial charge in [-0.15, -0.1) is 30.6 Å². The van der Waals surface area contributed by atoms with Crippen molar-refractivity contribution in [3.63, 3.8) is 0 Å². The molecule has 6 aromatic heterocycles. The van der Waals surface area contributed by atoms with Gasteiger partial charge in [0.25, 0.3) is 0 Å². The minimum atomic E-state index is -0.814. The molecule has 19 heteroatoms. The van der Waals surface area contributed by atoms with Crippen molar-refractivity contribution in [2.45, 2.75) is 106 Å². The molecule has 2 saturated heterocycles. The summed E-state index contributed by atoms with van der Waals surface area (Å²) in [6.45, 7) is 15.3. The van der Waals surface area contributed by atoms with Crippen LogP contribution in [0.2, 0.25) is 0 Å². The zero-order valence-corrected chi connectivity index (χ0v) is 41.3. The zero-order chi connectivity index (χ0) is 50.2. The first kappa shape index (κ1) is 50.1. The van der Waals surface area contributed by atoms with E-state index in [0.29, 0.717) is 53.9 Å². The molecule has 8 aromatic rings. The zero-order valence-electron chi connectivity index (χ0n) is 41.3. The van der Waals surface area contributed by atoms with Gasteiger partial charge in [-0.05, 0) is 189 Å². The van der Waals surface area contributed by atoms with Crippen molar-refractivity contribution in [2.75, 3.05) is 26.2 Å². The number of likely N-dealkylation sites (tertiary alicyclic amines) is 1. The third kappa shape index (κ3) is 12.4. The lowest BCUT2D eigenvalue weighted by atomic mass is 9.90. The number of rotatable bonds is 12. The van der Waals surface area contributed by atoms with Crippen LogP contribution in [0.3, 0.4) is 0 Å². The summed E-state index contributed by atoms with van der Waals surface area (Å²) in [7, 11) is 0. The summed E-state index contributed by atoms with van der Waals surface area (Å²) in [5, 5.41) is 46.6. The molecule has 8 heterocycles. The van der Waals surface area contributed by atoms with Crippen molar-refractivity contribution in [1.82, 2.24) is 69.4 Å². The van der Waals surface area contributed by atoms with Crippen molar-refractivity contribution >= 4 is 23.2 Å². The summed E-state index contributed by atoms with van der Waals surface area (Å²) in [4.78, 5) is 25.7. The maximum atomic E-state index is 13.1. The predicted octanol–water partition coefficient (Wildman–Crippen LogP) is 7.41. The topological polar surface area (TPSA) is 191 Å². The van der Waals surface area contributed by atoms with Crippen molar-refractivity contribution in [3.8, 4) is 11.6 Å². The quantitative estimate of drug-likeness (QED) is 0.124. The number of aromatic nitrogens is 12. The number of nitrogens with one attached hydrogen (secondary N) is 1. The Labute approximate surface area is 411 Å². The highest BCUT2D eigenvalue weighted by Crippen LogP contribution is 2.25. The summed E-state index contributed by atoms with van der Waals surface area (Å²) < 4.78 is 32.7.